The Balaban J connectivity index is 2.42. The summed E-state index contributed by atoms with van der Waals surface area (Å²) >= 11 is 0. The number of hydrogen-bond acceptors (Lipinski definition) is 2. The Hall–Kier alpha value is -2.24. The molecule has 6 heteroatoms. The summed E-state index contributed by atoms with van der Waals surface area (Å²) in [4.78, 5) is 12.2. The van der Waals surface area contributed by atoms with E-state index < -0.39 is 23.1 Å². The number of hydrogen-bond donors (Lipinski definition) is 1. The summed E-state index contributed by atoms with van der Waals surface area (Å²) < 4.78 is 29.2. The Kier molecular flexibility index (Phi) is 4.06. The highest BCUT2D eigenvalue weighted by Gasteiger charge is 2.22. The van der Waals surface area contributed by atoms with E-state index in [9.17, 15) is 13.6 Å². The zero-order valence-corrected chi connectivity index (χ0v) is 12.4. The first-order valence-corrected chi connectivity index (χ1v) is 6.65. The Labute approximate surface area is 121 Å². The minimum atomic E-state index is -0.882. The van der Waals surface area contributed by atoms with Crippen LogP contribution < -0.4 is 5.32 Å². The summed E-state index contributed by atoms with van der Waals surface area (Å²) in [5.74, 6) is -2.08. The summed E-state index contributed by atoms with van der Waals surface area (Å²) in [5.41, 5.74) is 1.27. The number of benzene rings is 1. The van der Waals surface area contributed by atoms with E-state index in [4.69, 9.17) is 0 Å². The van der Waals surface area contributed by atoms with Gasteiger partial charge in [0.1, 0.15) is 23.0 Å². The normalized spacial score (nSPS) is 10.8. The number of aromatic nitrogens is 2. The molecule has 0 unspecified atom stereocenters. The van der Waals surface area contributed by atoms with Gasteiger partial charge in [-0.25, -0.2) is 8.78 Å². The Morgan fingerprint density at radius 2 is 2.00 bits per heavy atom. The predicted molar refractivity (Wildman–Crippen MR) is 76.4 cm³/mol. The smallest absolute Gasteiger partial charge is 0.262 e. The number of amides is 1. The number of carbonyl (C=O) groups is 1. The molecule has 1 heterocycles. The molecule has 0 aliphatic carbocycles. The van der Waals surface area contributed by atoms with E-state index in [0.717, 1.165) is 17.3 Å². The van der Waals surface area contributed by atoms with Gasteiger partial charge in [0, 0.05) is 12.6 Å². The highest BCUT2D eigenvalue weighted by atomic mass is 19.1. The van der Waals surface area contributed by atoms with Crippen molar-refractivity contribution in [3.8, 4) is 0 Å². The summed E-state index contributed by atoms with van der Waals surface area (Å²) in [6.07, 6.45) is 0.661. The lowest BCUT2D eigenvalue weighted by atomic mass is 10.1. The number of halogens is 2. The van der Waals surface area contributed by atoms with E-state index in [1.165, 1.54) is 17.7 Å². The third kappa shape index (κ3) is 2.66. The number of carbonyl (C=O) groups excluding carboxylic acids is 1. The highest BCUT2D eigenvalue weighted by Crippen LogP contribution is 2.22. The molecule has 4 nitrogen and oxygen atoms in total. The number of nitrogens with one attached hydrogen (secondary N) is 1. The predicted octanol–water partition coefficient (Wildman–Crippen LogP) is 3.13. The van der Waals surface area contributed by atoms with E-state index in [2.05, 4.69) is 10.4 Å². The Morgan fingerprint density at radius 3 is 2.62 bits per heavy atom. The highest BCUT2D eigenvalue weighted by molar-refractivity contribution is 6.04. The van der Waals surface area contributed by atoms with Gasteiger partial charge in [0.15, 0.2) is 0 Å². The zero-order chi connectivity index (χ0) is 15.7. The van der Waals surface area contributed by atoms with Crippen LogP contribution in [-0.2, 0) is 13.5 Å². The second kappa shape index (κ2) is 5.63. The maximum Gasteiger partial charge on any atom is 0.262 e. The van der Waals surface area contributed by atoms with Crippen LogP contribution >= 0.6 is 0 Å². The topological polar surface area (TPSA) is 46.9 Å². The fraction of sp³-hybridized carbons (Fsp3) is 0.333. The average Bonchev–Trinajstić information content (AvgIpc) is 2.68. The first-order chi connectivity index (χ1) is 9.86. The molecule has 2 rings (SSSR count). The van der Waals surface area contributed by atoms with Crippen LogP contribution in [0.5, 0.6) is 0 Å². The van der Waals surface area contributed by atoms with Crippen LogP contribution in [0.15, 0.2) is 12.1 Å². The Bertz CT molecular complexity index is 707. The lowest BCUT2D eigenvalue weighted by Gasteiger charge is -2.10. The van der Waals surface area contributed by atoms with E-state index in [-0.39, 0.29) is 5.56 Å². The van der Waals surface area contributed by atoms with Crippen molar-refractivity contribution in [3.05, 3.63) is 46.2 Å². The first kappa shape index (κ1) is 15.2. The Morgan fingerprint density at radius 1 is 1.33 bits per heavy atom. The van der Waals surface area contributed by atoms with Crippen molar-refractivity contribution in [3.63, 3.8) is 0 Å². The van der Waals surface area contributed by atoms with Gasteiger partial charge < -0.3 is 5.32 Å². The van der Waals surface area contributed by atoms with Crippen LogP contribution in [0, 0.1) is 25.5 Å². The molecule has 1 aromatic carbocycles. The molecule has 0 spiro atoms. The summed E-state index contributed by atoms with van der Waals surface area (Å²) in [6, 6.07) is 2.38. The van der Waals surface area contributed by atoms with Crippen LogP contribution in [-0.4, -0.2) is 15.7 Å². The summed E-state index contributed by atoms with van der Waals surface area (Å²) in [6.45, 7) is 5.23. The van der Waals surface area contributed by atoms with Crippen LogP contribution in [0.2, 0.25) is 0 Å². The summed E-state index contributed by atoms with van der Waals surface area (Å²) in [7, 11) is 1.67. The lowest BCUT2D eigenvalue weighted by molar-refractivity contribution is 0.101. The van der Waals surface area contributed by atoms with Crippen molar-refractivity contribution >= 4 is 11.7 Å². The fourth-order valence-electron chi connectivity index (χ4n) is 2.32. The SMILES string of the molecule is CCc1c(C)nn(C)c1NC(=O)c1c(F)ccc(C)c1F. The molecule has 112 valence electrons. The van der Waals surface area contributed by atoms with Crippen molar-refractivity contribution in [1.29, 1.82) is 0 Å². The van der Waals surface area contributed by atoms with Gasteiger partial charge in [-0.15, -0.1) is 0 Å². The number of nitrogens with zero attached hydrogens (tertiary/aromatic N) is 2. The summed E-state index contributed by atoms with van der Waals surface area (Å²) in [5, 5.41) is 6.76. The van der Waals surface area contributed by atoms with Crippen molar-refractivity contribution in [1.82, 2.24) is 9.78 Å². The third-order valence-corrected chi connectivity index (χ3v) is 3.44. The van der Waals surface area contributed by atoms with Crippen molar-refractivity contribution in [2.24, 2.45) is 7.05 Å². The monoisotopic (exact) mass is 293 g/mol. The van der Waals surface area contributed by atoms with Crippen molar-refractivity contribution in [2.45, 2.75) is 27.2 Å². The first-order valence-electron chi connectivity index (χ1n) is 6.65. The van der Waals surface area contributed by atoms with Crippen LogP contribution in [0.3, 0.4) is 0 Å². The van der Waals surface area contributed by atoms with Crippen LogP contribution in [0.25, 0.3) is 0 Å². The standard InChI is InChI=1S/C15H17F2N3O/c1-5-10-9(3)19-20(4)14(10)18-15(21)12-11(16)7-6-8(2)13(12)17/h6-7H,5H2,1-4H3,(H,18,21). The van der Waals surface area contributed by atoms with Crippen LogP contribution in [0.4, 0.5) is 14.6 Å². The van der Waals surface area contributed by atoms with Gasteiger partial charge in [-0.2, -0.15) is 5.10 Å². The molecular formula is C15H17F2N3O. The van der Waals surface area contributed by atoms with Gasteiger partial charge in [0.25, 0.3) is 5.91 Å². The minimum absolute atomic E-state index is 0.221. The maximum atomic E-state index is 14.0. The average molecular weight is 293 g/mol. The van der Waals surface area contributed by atoms with Gasteiger partial charge in [-0.05, 0) is 31.9 Å². The molecule has 0 radical (unpaired) electrons. The molecule has 1 amide bonds. The fourth-order valence-corrected chi connectivity index (χ4v) is 2.32. The molecule has 1 N–H and O–H groups in total. The molecule has 0 aliphatic heterocycles. The van der Waals surface area contributed by atoms with Crippen LogP contribution in [0.1, 0.15) is 34.1 Å². The van der Waals surface area contributed by atoms with E-state index in [0.29, 0.717) is 12.2 Å². The second-order valence-electron chi connectivity index (χ2n) is 4.90. The number of anilines is 1. The molecular weight excluding hydrogens is 276 g/mol. The van der Waals surface area contributed by atoms with E-state index in [1.807, 2.05) is 13.8 Å². The van der Waals surface area contributed by atoms with E-state index in [1.54, 1.807) is 7.05 Å². The molecule has 0 atom stereocenters. The quantitative estimate of drug-likeness (QED) is 0.945. The third-order valence-electron chi connectivity index (χ3n) is 3.44. The van der Waals surface area contributed by atoms with Gasteiger partial charge in [-0.3, -0.25) is 9.48 Å². The van der Waals surface area contributed by atoms with Gasteiger partial charge in [0.05, 0.1) is 5.69 Å². The zero-order valence-electron chi connectivity index (χ0n) is 12.4. The molecule has 1 aromatic heterocycles. The molecule has 0 aliphatic rings. The second-order valence-corrected chi connectivity index (χ2v) is 4.90. The van der Waals surface area contributed by atoms with E-state index >= 15 is 0 Å². The molecule has 0 bridgehead atoms. The van der Waals surface area contributed by atoms with Gasteiger partial charge >= 0.3 is 0 Å². The molecule has 0 fully saturated rings. The molecule has 0 saturated heterocycles. The van der Waals surface area contributed by atoms with Crippen molar-refractivity contribution < 1.29 is 13.6 Å². The minimum Gasteiger partial charge on any atom is -0.306 e. The van der Waals surface area contributed by atoms with Crippen molar-refractivity contribution in [2.75, 3.05) is 5.32 Å². The molecule has 21 heavy (non-hydrogen) atoms. The van der Waals surface area contributed by atoms with Gasteiger partial charge in [-0.1, -0.05) is 13.0 Å². The number of rotatable bonds is 3. The molecule has 0 saturated carbocycles. The largest absolute Gasteiger partial charge is 0.306 e. The maximum absolute atomic E-state index is 14.0. The van der Waals surface area contributed by atoms with Gasteiger partial charge in [0.2, 0.25) is 0 Å². The lowest BCUT2D eigenvalue weighted by Crippen LogP contribution is -2.19. The number of aryl methyl sites for hydroxylation is 3. The molecule has 2 aromatic rings.